The van der Waals surface area contributed by atoms with Crippen molar-refractivity contribution in [2.45, 2.75) is 30.5 Å². The minimum Gasteiger partial charge on any atom is -0.314 e. The summed E-state index contributed by atoms with van der Waals surface area (Å²) in [5, 5.41) is 3.24. The molecule has 7 heteroatoms. The molecule has 0 amide bonds. The quantitative estimate of drug-likeness (QED) is 0.748. The summed E-state index contributed by atoms with van der Waals surface area (Å²) in [4.78, 5) is 0. The molecule has 0 saturated heterocycles. The van der Waals surface area contributed by atoms with Gasteiger partial charge in [0.1, 0.15) is 4.21 Å². The molecule has 0 spiro atoms. The average Bonchev–Trinajstić information content (AvgIpc) is 2.64. The molecule has 1 heterocycles. The molecule has 0 saturated carbocycles. The van der Waals surface area contributed by atoms with Crippen LogP contribution in [0.2, 0.25) is 0 Å². The van der Waals surface area contributed by atoms with E-state index in [-0.39, 0.29) is 0 Å². The van der Waals surface area contributed by atoms with Gasteiger partial charge in [-0.2, -0.15) is 0 Å². The van der Waals surface area contributed by atoms with Crippen LogP contribution in [-0.4, -0.2) is 27.5 Å². The van der Waals surface area contributed by atoms with Gasteiger partial charge in [0.15, 0.2) is 0 Å². The largest absolute Gasteiger partial charge is 0.314 e. The van der Waals surface area contributed by atoms with Crippen LogP contribution in [-0.2, 0) is 10.0 Å². The molecule has 0 fully saturated rings. The van der Waals surface area contributed by atoms with Gasteiger partial charge in [0.2, 0.25) is 10.0 Å². The van der Waals surface area contributed by atoms with Gasteiger partial charge in [-0.05, 0) is 41.0 Å². The lowest BCUT2D eigenvalue weighted by molar-refractivity contribution is 0.555. The summed E-state index contributed by atoms with van der Waals surface area (Å²) in [6.07, 6.45) is 0.782. The van der Waals surface area contributed by atoms with Crippen molar-refractivity contribution in [2.24, 2.45) is 0 Å². The van der Waals surface area contributed by atoms with Crippen molar-refractivity contribution >= 4 is 37.3 Å². The Balaban J connectivity index is 2.36. The highest BCUT2D eigenvalue weighted by Gasteiger charge is 2.15. The fourth-order valence-electron chi connectivity index (χ4n) is 1.20. The van der Waals surface area contributed by atoms with E-state index in [4.69, 9.17) is 0 Å². The summed E-state index contributed by atoms with van der Waals surface area (Å²) in [6.45, 7) is 5.40. The first-order valence-electron chi connectivity index (χ1n) is 5.40. The highest BCUT2D eigenvalue weighted by molar-refractivity contribution is 9.11. The molecule has 1 aromatic rings. The molecule has 1 aromatic heterocycles. The molecule has 0 aliphatic rings. The predicted octanol–water partition coefficient (Wildman–Crippen LogP) is 2.18. The van der Waals surface area contributed by atoms with Crippen molar-refractivity contribution in [3.05, 3.63) is 15.9 Å². The Morgan fingerprint density at radius 1 is 1.35 bits per heavy atom. The van der Waals surface area contributed by atoms with Gasteiger partial charge in [0.25, 0.3) is 0 Å². The van der Waals surface area contributed by atoms with Crippen molar-refractivity contribution in [1.29, 1.82) is 0 Å². The minimum absolute atomic E-state index is 0.348. The molecule has 2 N–H and O–H groups in total. The van der Waals surface area contributed by atoms with Crippen LogP contribution in [0.25, 0.3) is 0 Å². The van der Waals surface area contributed by atoms with Crippen LogP contribution in [0.5, 0.6) is 0 Å². The van der Waals surface area contributed by atoms with Gasteiger partial charge in [-0.25, -0.2) is 13.1 Å². The highest BCUT2D eigenvalue weighted by atomic mass is 79.9. The first kappa shape index (κ1) is 15.1. The van der Waals surface area contributed by atoms with Gasteiger partial charge in [0.05, 0.1) is 3.79 Å². The summed E-state index contributed by atoms with van der Waals surface area (Å²) < 4.78 is 27.4. The van der Waals surface area contributed by atoms with E-state index in [1.807, 2.05) is 0 Å². The molecule has 4 nitrogen and oxygen atoms in total. The zero-order valence-electron chi connectivity index (χ0n) is 9.86. The third kappa shape index (κ3) is 5.48. The minimum atomic E-state index is -3.33. The van der Waals surface area contributed by atoms with Crippen LogP contribution in [0, 0.1) is 0 Å². The maximum atomic E-state index is 11.8. The van der Waals surface area contributed by atoms with Gasteiger partial charge in [-0.3, -0.25) is 0 Å². The van der Waals surface area contributed by atoms with E-state index in [0.29, 0.717) is 16.8 Å². The summed E-state index contributed by atoms with van der Waals surface area (Å²) in [5.74, 6) is 0. The molecule has 0 unspecified atom stereocenters. The van der Waals surface area contributed by atoms with Crippen LogP contribution in [0.4, 0.5) is 0 Å². The molecule has 17 heavy (non-hydrogen) atoms. The van der Waals surface area contributed by atoms with Crippen LogP contribution in [0.15, 0.2) is 20.1 Å². The van der Waals surface area contributed by atoms with Crippen molar-refractivity contribution in [3.63, 3.8) is 0 Å². The number of hydrogen-bond acceptors (Lipinski definition) is 4. The van der Waals surface area contributed by atoms with E-state index < -0.39 is 10.0 Å². The number of hydrogen-bond donors (Lipinski definition) is 2. The van der Waals surface area contributed by atoms with Crippen LogP contribution in [0.3, 0.4) is 0 Å². The van der Waals surface area contributed by atoms with Gasteiger partial charge >= 0.3 is 0 Å². The molecular formula is C10H17BrN2O2S2. The summed E-state index contributed by atoms with van der Waals surface area (Å²) in [7, 11) is -3.33. The van der Waals surface area contributed by atoms with E-state index in [1.54, 1.807) is 12.1 Å². The van der Waals surface area contributed by atoms with Crippen molar-refractivity contribution in [1.82, 2.24) is 10.0 Å². The predicted molar refractivity (Wildman–Crippen MR) is 75.0 cm³/mol. The first-order chi connectivity index (χ1) is 7.92. The topological polar surface area (TPSA) is 58.2 Å². The molecule has 0 radical (unpaired) electrons. The van der Waals surface area contributed by atoms with E-state index in [9.17, 15) is 8.42 Å². The Hall–Kier alpha value is 0.0500. The molecule has 0 aliphatic heterocycles. The second-order valence-electron chi connectivity index (χ2n) is 3.92. The summed E-state index contributed by atoms with van der Waals surface area (Å²) in [5.41, 5.74) is 0. The second kappa shape index (κ2) is 6.84. The van der Waals surface area contributed by atoms with E-state index >= 15 is 0 Å². The lowest BCUT2D eigenvalue weighted by Gasteiger charge is -2.08. The molecule has 0 atom stereocenters. The normalized spacial score (nSPS) is 12.2. The molecule has 0 aromatic carbocycles. The van der Waals surface area contributed by atoms with Gasteiger partial charge in [0, 0.05) is 12.6 Å². The zero-order chi connectivity index (χ0) is 12.9. The molecule has 0 aliphatic carbocycles. The Labute approximate surface area is 115 Å². The van der Waals surface area contributed by atoms with Crippen LogP contribution >= 0.6 is 27.3 Å². The average molecular weight is 341 g/mol. The first-order valence-corrected chi connectivity index (χ1v) is 8.49. The maximum Gasteiger partial charge on any atom is 0.250 e. The number of nitrogens with one attached hydrogen (secondary N) is 2. The fourth-order valence-corrected chi connectivity index (χ4v) is 4.33. The van der Waals surface area contributed by atoms with Crippen LogP contribution in [0.1, 0.15) is 20.3 Å². The van der Waals surface area contributed by atoms with Crippen molar-refractivity contribution < 1.29 is 8.42 Å². The Morgan fingerprint density at radius 3 is 2.59 bits per heavy atom. The monoisotopic (exact) mass is 340 g/mol. The van der Waals surface area contributed by atoms with Crippen molar-refractivity contribution in [3.8, 4) is 0 Å². The van der Waals surface area contributed by atoms with Gasteiger partial charge < -0.3 is 5.32 Å². The summed E-state index contributed by atoms with van der Waals surface area (Å²) in [6, 6.07) is 3.77. The van der Waals surface area contributed by atoms with E-state index in [0.717, 1.165) is 16.8 Å². The molecule has 0 bridgehead atoms. The SMILES string of the molecule is CC(C)NCCCNS(=O)(=O)c1ccc(Br)s1. The summed E-state index contributed by atoms with van der Waals surface area (Å²) >= 11 is 4.46. The highest BCUT2D eigenvalue weighted by Crippen LogP contribution is 2.25. The zero-order valence-corrected chi connectivity index (χ0v) is 13.1. The Kier molecular flexibility index (Phi) is 6.08. The smallest absolute Gasteiger partial charge is 0.250 e. The molecule has 1 rings (SSSR count). The third-order valence-corrected chi connectivity index (χ3v) is 5.59. The Morgan fingerprint density at radius 2 is 2.06 bits per heavy atom. The van der Waals surface area contributed by atoms with Crippen molar-refractivity contribution in [2.75, 3.05) is 13.1 Å². The number of sulfonamides is 1. The van der Waals surface area contributed by atoms with Gasteiger partial charge in [-0.1, -0.05) is 13.8 Å². The third-order valence-electron chi connectivity index (χ3n) is 2.01. The van der Waals surface area contributed by atoms with E-state index in [1.165, 1.54) is 11.3 Å². The Bertz CT molecular complexity index is 443. The van der Waals surface area contributed by atoms with Gasteiger partial charge in [-0.15, -0.1) is 11.3 Å². The van der Waals surface area contributed by atoms with Crippen LogP contribution < -0.4 is 10.0 Å². The molecular weight excluding hydrogens is 324 g/mol. The van der Waals surface area contributed by atoms with E-state index in [2.05, 4.69) is 39.8 Å². The molecule has 98 valence electrons. The lowest BCUT2D eigenvalue weighted by atomic mass is 10.3. The standard InChI is InChI=1S/C10H17BrN2O2S2/c1-8(2)12-6-3-7-13-17(14,15)10-5-4-9(11)16-10/h4-5,8,12-13H,3,6-7H2,1-2H3. The number of rotatable bonds is 7. The lowest BCUT2D eigenvalue weighted by Crippen LogP contribution is -2.29. The fraction of sp³-hybridized carbons (Fsp3) is 0.600. The number of halogens is 1. The second-order valence-corrected chi connectivity index (χ2v) is 8.38. The maximum absolute atomic E-state index is 11.8. The number of thiophene rings is 1.